The lowest BCUT2D eigenvalue weighted by molar-refractivity contribution is -0.147. The van der Waals surface area contributed by atoms with Crippen molar-refractivity contribution in [1.82, 2.24) is 14.7 Å². The maximum Gasteiger partial charge on any atom is 0.308 e. The minimum Gasteiger partial charge on any atom is -0.469 e. The Morgan fingerprint density at radius 1 is 1.50 bits per heavy atom. The number of nitrogens with zero attached hydrogens (tertiary/aromatic N) is 3. The van der Waals surface area contributed by atoms with Crippen molar-refractivity contribution in [2.75, 3.05) is 20.2 Å². The molecule has 0 radical (unpaired) electrons. The van der Waals surface area contributed by atoms with Gasteiger partial charge in [0.1, 0.15) is 0 Å². The first-order valence-corrected chi connectivity index (χ1v) is 7.48. The van der Waals surface area contributed by atoms with Crippen LogP contribution in [0.15, 0.2) is 12.3 Å². The van der Waals surface area contributed by atoms with Gasteiger partial charge < -0.3 is 4.74 Å². The van der Waals surface area contributed by atoms with Crippen molar-refractivity contribution >= 4 is 5.97 Å². The lowest BCUT2D eigenvalue weighted by Gasteiger charge is -2.29. The van der Waals surface area contributed by atoms with E-state index in [0.717, 1.165) is 44.6 Å². The highest BCUT2D eigenvalue weighted by Gasteiger charge is 2.25. The maximum atomic E-state index is 11.5. The number of aromatic nitrogens is 2. The molecular weight excluding hydrogens is 254 g/mol. The molecule has 0 N–H and O–H groups in total. The molecule has 0 saturated carbocycles. The SMILES string of the molecule is CCC(C)n1ccc(CN2CCC(C(=O)OC)CC2)n1. The van der Waals surface area contributed by atoms with E-state index in [0.29, 0.717) is 6.04 Å². The highest BCUT2D eigenvalue weighted by molar-refractivity contribution is 5.72. The molecule has 0 spiro atoms. The summed E-state index contributed by atoms with van der Waals surface area (Å²) in [5.41, 5.74) is 1.11. The summed E-state index contributed by atoms with van der Waals surface area (Å²) in [6, 6.07) is 2.55. The van der Waals surface area contributed by atoms with Gasteiger partial charge in [0, 0.05) is 18.8 Å². The van der Waals surface area contributed by atoms with E-state index in [9.17, 15) is 4.79 Å². The van der Waals surface area contributed by atoms with E-state index >= 15 is 0 Å². The van der Waals surface area contributed by atoms with Crippen LogP contribution in [-0.4, -0.2) is 40.8 Å². The molecule has 5 nitrogen and oxygen atoms in total. The summed E-state index contributed by atoms with van der Waals surface area (Å²) in [5, 5.41) is 4.63. The number of rotatable bonds is 5. The number of hydrogen-bond donors (Lipinski definition) is 0. The van der Waals surface area contributed by atoms with Crippen LogP contribution in [0.4, 0.5) is 0 Å². The zero-order valence-electron chi connectivity index (χ0n) is 12.7. The first kappa shape index (κ1) is 15.0. The molecule has 112 valence electrons. The number of esters is 1. The van der Waals surface area contributed by atoms with Crippen LogP contribution >= 0.6 is 0 Å². The van der Waals surface area contributed by atoms with Crippen LogP contribution in [0.1, 0.15) is 44.8 Å². The summed E-state index contributed by atoms with van der Waals surface area (Å²) in [5.74, 6) is 0.0135. The van der Waals surface area contributed by atoms with Gasteiger partial charge in [-0.3, -0.25) is 14.4 Å². The standard InChI is InChI=1S/C15H25N3O2/c1-4-12(2)18-10-7-14(16-18)11-17-8-5-13(6-9-17)15(19)20-3/h7,10,12-13H,4-6,8-9,11H2,1-3H3. The lowest BCUT2D eigenvalue weighted by atomic mass is 9.97. The molecule has 1 aliphatic heterocycles. The van der Waals surface area contributed by atoms with Gasteiger partial charge in [0.15, 0.2) is 0 Å². The first-order chi connectivity index (χ1) is 9.63. The van der Waals surface area contributed by atoms with Crippen molar-refractivity contribution in [3.05, 3.63) is 18.0 Å². The van der Waals surface area contributed by atoms with Gasteiger partial charge in [0.25, 0.3) is 0 Å². The Morgan fingerprint density at radius 2 is 2.20 bits per heavy atom. The predicted octanol–water partition coefficient (Wildman–Crippen LogP) is 2.24. The second-order valence-corrected chi connectivity index (χ2v) is 5.62. The Bertz CT molecular complexity index is 436. The molecule has 1 aromatic heterocycles. The molecule has 1 saturated heterocycles. The summed E-state index contributed by atoms with van der Waals surface area (Å²) in [4.78, 5) is 13.9. The average molecular weight is 279 g/mol. The van der Waals surface area contributed by atoms with Crippen molar-refractivity contribution in [3.8, 4) is 0 Å². The lowest BCUT2D eigenvalue weighted by Crippen LogP contribution is -2.36. The number of carbonyl (C=O) groups excluding carboxylic acids is 1. The van der Waals surface area contributed by atoms with Crippen LogP contribution in [0.3, 0.4) is 0 Å². The van der Waals surface area contributed by atoms with Gasteiger partial charge in [-0.1, -0.05) is 6.92 Å². The molecule has 0 aromatic carbocycles. The van der Waals surface area contributed by atoms with Crippen LogP contribution in [0, 0.1) is 5.92 Å². The molecule has 2 rings (SSSR count). The van der Waals surface area contributed by atoms with Crippen molar-refractivity contribution in [2.24, 2.45) is 5.92 Å². The van der Waals surface area contributed by atoms with E-state index in [1.807, 2.05) is 4.68 Å². The highest BCUT2D eigenvalue weighted by atomic mass is 16.5. The van der Waals surface area contributed by atoms with E-state index in [-0.39, 0.29) is 11.9 Å². The average Bonchev–Trinajstić information content (AvgIpc) is 2.95. The zero-order valence-corrected chi connectivity index (χ0v) is 12.7. The number of methoxy groups -OCH3 is 1. The van der Waals surface area contributed by atoms with Crippen LogP contribution in [-0.2, 0) is 16.1 Å². The molecule has 0 aliphatic carbocycles. The van der Waals surface area contributed by atoms with Crippen LogP contribution in [0.2, 0.25) is 0 Å². The largest absolute Gasteiger partial charge is 0.469 e. The van der Waals surface area contributed by atoms with Gasteiger partial charge in [-0.15, -0.1) is 0 Å². The fourth-order valence-corrected chi connectivity index (χ4v) is 2.62. The molecule has 1 fully saturated rings. The molecular formula is C15H25N3O2. The fraction of sp³-hybridized carbons (Fsp3) is 0.733. The number of piperidine rings is 1. The summed E-state index contributed by atoms with van der Waals surface area (Å²) >= 11 is 0. The molecule has 0 bridgehead atoms. The number of carbonyl (C=O) groups is 1. The summed E-state index contributed by atoms with van der Waals surface area (Å²) < 4.78 is 6.85. The topological polar surface area (TPSA) is 47.4 Å². The monoisotopic (exact) mass is 279 g/mol. The molecule has 0 amide bonds. The van der Waals surface area contributed by atoms with Crippen molar-refractivity contribution in [1.29, 1.82) is 0 Å². The quantitative estimate of drug-likeness (QED) is 0.776. The molecule has 1 aromatic rings. The molecule has 1 atom stereocenters. The van der Waals surface area contributed by atoms with E-state index in [4.69, 9.17) is 4.74 Å². The second kappa shape index (κ2) is 6.88. The highest BCUT2D eigenvalue weighted by Crippen LogP contribution is 2.20. The minimum atomic E-state index is -0.0642. The number of likely N-dealkylation sites (tertiary alicyclic amines) is 1. The Balaban J connectivity index is 1.83. The van der Waals surface area contributed by atoms with E-state index in [1.54, 1.807) is 0 Å². The Labute approximate surface area is 120 Å². The van der Waals surface area contributed by atoms with Crippen molar-refractivity contribution < 1.29 is 9.53 Å². The van der Waals surface area contributed by atoms with Gasteiger partial charge in [-0.25, -0.2) is 0 Å². The zero-order chi connectivity index (χ0) is 14.5. The van der Waals surface area contributed by atoms with Gasteiger partial charge in [0.05, 0.1) is 18.7 Å². The smallest absolute Gasteiger partial charge is 0.308 e. The third-order valence-corrected chi connectivity index (χ3v) is 4.21. The summed E-state index contributed by atoms with van der Waals surface area (Å²) in [6.45, 7) is 7.10. The summed E-state index contributed by atoms with van der Waals surface area (Å²) in [7, 11) is 1.47. The Morgan fingerprint density at radius 3 is 2.80 bits per heavy atom. The Kier molecular flexibility index (Phi) is 5.17. The number of hydrogen-bond acceptors (Lipinski definition) is 4. The normalized spacial score (nSPS) is 18.9. The fourth-order valence-electron chi connectivity index (χ4n) is 2.62. The van der Waals surface area contributed by atoms with Gasteiger partial charge in [-0.05, 0) is 45.3 Å². The van der Waals surface area contributed by atoms with Crippen LogP contribution in [0.25, 0.3) is 0 Å². The third kappa shape index (κ3) is 3.60. The van der Waals surface area contributed by atoms with Crippen LogP contribution < -0.4 is 0 Å². The first-order valence-electron chi connectivity index (χ1n) is 7.48. The van der Waals surface area contributed by atoms with Gasteiger partial charge in [-0.2, -0.15) is 5.10 Å². The summed E-state index contributed by atoms with van der Waals surface area (Å²) in [6.07, 6.45) is 4.92. The van der Waals surface area contributed by atoms with Crippen LogP contribution in [0.5, 0.6) is 0 Å². The maximum absolute atomic E-state index is 11.5. The van der Waals surface area contributed by atoms with Gasteiger partial charge in [0.2, 0.25) is 0 Å². The van der Waals surface area contributed by atoms with Crippen molar-refractivity contribution in [2.45, 2.75) is 45.7 Å². The molecule has 1 aliphatic rings. The minimum absolute atomic E-state index is 0.0642. The molecule has 5 heteroatoms. The van der Waals surface area contributed by atoms with E-state index < -0.39 is 0 Å². The van der Waals surface area contributed by atoms with E-state index in [1.165, 1.54) is 7.11 Å². The van der Waals surface area contributed by atoms with E-state index in [2.05, 4.69) is 36.1 Å². The predicted molar refractivity (Wildman–Crippen MR) is 77.2 cm³/mol. The molecule has 20 heavy (non-hydrogen) atoms. The molecule has 2 heterocycles. The van der Waals surface area contributed by atoms with Gasteiger partial charge >= 0.3 is 5.97 Å². The second-order valence-electron chi connectivity index (χ2n) is 5.62. The molecule has 1 unspecified atom stereocenters. The Hall–Kier alpha value is -1.36. The van der Waals surface area contributed by atoms with Crippen molar-refractivity contribution in [3.63, 3.8) is 0 Å². The number of ether oxygens (including phenoxy) is 1. The third-order valence-electron chi connectivity index (χ3n) is 4.21.